The van der Waals surface area contributed by atoms with E-state index in [1.54, 1.807) is 24.3 Å². The first-order chi connectivity index (χ1) is 12.2. The molecule has 1 saturated heterocycles. The minimum Gasteiger partial charge on any atom is -0.387 e. The third kappa shape index (κ3) is 3.87. The van der Waals surface area contributed by atoms with Crippen LogP contribution in [-0.4, -0.2) is 45.9 Å². The van der Waals surface area contributed by atoms with Crippen LogP contribution in [0.5, 0.6) is 0 Å². The minimum atomic E-state index is -0.564. The molecule has 1 N–H and O–H groups in total. The molecule has 2 fully saturated rings. The van der Waals surface area contributed by atoms with E-state index in [2.05, 4.69) is 21.1 Å². The molecule has 0 bridgehead atoms. The molecule has 7 heteroatoms. The van der Waals surface area contributed by atoms with Crippen LogP contribution in [0, 0.1) is 11.3 Å². The van der Waals surface area contributed by atoms with E-state index < -0.39 is 6.10 Å². The van der Waals surface area contributed by atoms with Gasteiger partial charge in [0.25, 0.3) is 5.89 Å². The third-order valence-corrected chi connectivity index (χ3v) is 4.65. The number of benzene rings is 1. The monoisotopic (exact) mass is 340 g/mol. The quantitative estimate of drug-likeness (QED) is 0.820. The van der Waals surface area contributed by atoms with Crippen molar-refractivity contribution in [2.24, 2.45) is 0 Å². The molecule has 2 aliphatic rings. The Labute approximate surface area is 145 Å². The molecule has 130 valence electrons. The second kappa shape index (κ2) is 6.92. The standard InChI is InChI=1S/C18H20N4O3/c19-7-12-1-3-13(4-2-12)16(23)10-22-8-15(9-22)24-11-17-20-18(21-25-17)14-5-6-14/h1-4,14-16,23H,5-6,8-11H2. The van der Waals surface area contributed by atoms with Gasteiger partial charge in [-0.2, -0.15) is 10.2 Å². The first kappa shape index (κ1) is 16.2. The van der Waals surface area contributed by atoms with Gasteiger partial charge in [0, 0.05) is 25.6 Å². The summed E-state index contributed by atoms with van der Waals surface area (Å²) in [5.74, 6) is 1.83. The molecule has 0 radical (unpaired) electrons. The number of aromatic nitrogens is 2. The van der Waals surface area contributed by atoms with Crippen LogP contribution < -0.4 is 0 Å². The van der Waals surface area contributed by atoms with E-state index in [4.69, 9.17) is 14.5 Å². The van der Waals surface area contributed by atoms with Gasteiger partial charge in [-0.25, -0.2) is 0 Å². The lowest BCUT2D eigenvalue weighted by Crippen LogP contribution is -2.53. The van der Waals surface area contributed by atoms with Gasteiger partial charge in [0.2, 0.25) is 0 Å². The van der Waals surface area contributed by atoms with E-state index in [0.717, 1.165) is 37.3 Å². The molecule has 25 heavy (non-hydrogen) atoms. The van der Waals surface area contributed by atoms with Crippen molar-refractivity contribution in [2.45, 2.75) is 37.6 Å². The van der Waals surface area contributed by atoms with Crippen LogP contribution in [-0.2, 0) is 11.3 Å². The largest absolute Gasteiger partial charge is 0.387 e. The van der Waals surface area contributed by atoms with Gasteiger partial charge >= 0.3 is 0 Å². The van der Waals surface area contributed by atoms with Crippen LogP contribution in [0.3, 0.4) is 0 Å². The van der Waals surface area contributed by atoms with Crippen molar-refractivity contribution in [1.29, 1.82) is 5.26 Å². The number of aliphatic hydroxyl groups is 1. The van der Waals surface area contributed by atoms with E-state index in [1.807, 2.05) is 0 Å². The Morgan fingerprint density at radius 1 is 1.32 bits per heavy atom. The normalized spacial score (nSPS) is 19.4. The molecule has 0 spiro atoms. The summed E-state index contributed by atoms with van der Waals surface area (Å²) >= 11 is 0. The van der Waals surface area contributed by atoms with Crippen LogP contribution in [0.25, 0.3) is 0 Å². The van der Waals surface area contributed by atoms with Crippen LogP contribution >= 0.6 is 0 Å². The Balaban J connectivity index is 1.18. The summed E-state index contributed by atoms with van der Waals surface area (Å²) in [6, 6.07) is 9.11. The van der Waals surface area contributed by atoms with Crippen molar-refractivity contribution >= 4 is 0 Å². The highest BCUT2D eigenvalue weighted by Crippen LogP contribution is 2.38. The fourth-order valence-electron chi connectivity index (χ4n) is 2.93. The fourth-order valence-corrected chi connectivity index (χ4v) is 2.93. The van der Waals surface area contributed by atoms with Gasteiger partial charge in [0.05, 0.1) is 23.8 Å². The molecule has 2 aromatic rings. The van der Waals surface area contributed by atoms with Gasteiger partial charge in [-0.15, -0.1) is 0 Å². The summed E-state index contributed by atoms with van der Waals surface area (Å²) in [5, 5.41) is 23.0. The molecule has 1 aliphatic heterocycles. The number of hydrogen-bond donors (Lipinski definition) is 1. The predicted molar refractivity (Wildman–Crippen MR) is 87.4 cm³/mol. The van der Waals surface area contributed by atoms with Crippen molar-refractivity contribution in [3.8, 4) is 6.07 Å². The van der Waals surface area contributed by atoms with Crippen LogP contribution in [0.1, 0.15) is 47.7 Å². The van der Waals surface area contributed by atoms with Crippen molar-refractivity contribution in [3.05, 3.63) is 47.1 Å². The highest BCUT2D eigenvalue weighted by molar-refractivity contribution is 5.32. The predicted octanol–water partition coefficient (Wildman–Crippen LogP) is 1.75. The zero-order valence-corrected chi connectivity index (χ0v) is 13.8. The molecule has 1 saturated carbocycles. The Kier molecular flexibility index (Phi) is 4.49. The number of nitriles is 1. The van der Waals surface area contributed by atoms with Crippen LogP contribution in [0.15, 0.2) is 28.8 Å². The highest BCUT2D eigenvalue weighted by Gasteiger charge is 2.31. The van der Waals surface area contributed by atoms with Crippen LogP contribution in [0.2, 0.25) is 0 Å². The van der Waals surface area contributed by atoms with E-state index in [9.17, 15) is 5.11 Å². The SMILES string of the molecule is N#Cc1ccc(C(O)CN2CC(OCc3nc(C4CC4)no3)C2)cc1. The number of nitrogens with zero attached hydrogens (tertiary/aromatic N) is 4. The molecular formula is C18H20N4O3. The summed E-state index contributed by atoms with van der Waals surface area (Å²) in [5.41, 5.74) is 1.42. The van der Waals surface area contributed by atoms with Gasteiger partial charge in [-0.05, 0) is 30.5 Å². The molecule has 1 atom stereocenters. The van der Waals surface area contributed by atoms with Gasteiger partial charge in [-0.3, -0.25) is 4.90 Å². The fraction of sp³-hybridized carbons (Fsp3) is 0.500. The summed E-state index contributed by atoms with van der Waals surface area (Å²) in [6.45, 7) is 2.45. The number of hydrogen-bond acceptors (Lipinski definition) is 7. The van der Waals surface area contributed by atoms with E-state index >= 15 is 0 Å². The molecule has 4 rings (SSSR count). The van der Waals surface area contributed by atoms with Crippen molar-refractivity contribution in [3.63, 3.8) is 0 Å². The smallest absolute Gasteiger partial charge is 0.252 e. The molecule has 1 aromatic heterocycles. The van der Waals surface area contributed by atoms with Gasteiger partial charge in [0.1, 0.15) is 6.61 Å². The molecule has 7 nitrogen and oxygen atoms in total. The lowest BCUT2D eigenvalue weighted by atomic mass is 10.0. The molecule has 2 heterocycles. The Hall–Kier alpha value is -2.27. The first-order valence-corrected chi connectivity index (χ1v) is 8.56. The number of likely N-dealkylation sites (tertiary alicyclic amines) is 1. The summed E-state index contributed by atoms with van der Waals surface area (Å²) in [4.78, 5) is 6.48. The number of aliphatic hydroxyl groups excluding tert-OH is 1. The first-order valence-electron chi connectivity index (χ1n) is 8.56. The molecule has 0 amide bonds. The molecule has 1 unspecified atom stereocenters. The average molecular weight is 340 g/mol. The van der Waals surface area contributed by atoms with Crippen molar-refractivity contribution in [1.82, 2.24) is 15.0 Å². The summed E-state index contributed by atoms with van der Waals surface area (Å²) < 4.78 is 11.0. The topological polar surface area (TPSA) is 95.4 Å². The Bertz CT molecular complexity index is 757. The maximum absolute atomic E-state index is 10.3. The molecular weight excluding hydrogens is 320 g/mol. The minimum absolute atomic E-state index is 0.129. The number of β-amino-alcohol motifs (C(OH)–C–C–N with tert-alkyl or cyclic N) is 1. The maximum atomic E-state index is 10.3. The van der Waals surface area contributed by atoms with E-state index in [-0.39, 0.29) is 6.10 Å². The van der Waals surface area contributed by atoms with E-state index in [1.165, 1.54) is 0 Å². The Morgan fingerprint density at radius 3 is 2.76 bits per heavy atom. The van der Waals surface area contributed by atoms with Gasteiger partial charge < -0.3 is 14.4 Å². The second-order valence-corrected chi connectivity index (χ2v) is 6.72. The summed E-state index contributed by atoms with van der Waals surface area (Å²) in [7, 11) is 0. The van der Waals surface area contributed by atoms with E-state index in [0.29, 0.717) is 30.5 Å². The lowest BCUT2D eigenvalue weighted by molar-refractivity contribution is -0.0799. The zero-order valence-electron chi connectivity index (χ0n) is 13.8. The molecule has 1 aliphatic carbocycles. The van der Waals surface area contributed by atoms with Gasteiger partial charge in [0.15, 0.2) is 5.82 Å². The van der Waals surface area contributed by atoms with Crippen molar-refractivity contribution < 1.29 is 14.4 Å². The molecule has 1 aromatic carbocycles. The lowest BCUT2D eigenvalue weighted by Gasteiger charge is -2.39. The highest BCUT2D eigenvalue weighted by atomic mass is 16.5. The zero-order chi connectivity index (χ0) is 17.2. The van der Waals surface area contributed by atoms with Crippen LogP contribution in [0.4, 0.5) is 0 Å². The Morgan fingerprint density at radius 2 is 2.08 bits per heavy atom. The summed E-state index contributed by atoms with van der Waals surface area (Å²) in [6.07, 6.45) is 1.87. The maximum Gasteiger partial charge on any atom is 0.252 e. The third-order valence-electron chi connectivity index (χ3n) is 4.65. The second-order valence-electron chi connectivity index (χ2n) is 6.72. The van der Waals surface area contributed by atoms with Gasteiger partial charge in [-0.1, -0.05) is 17.3 Å². The number of rotatable bonds is 7. The number of ether oxygens (including phenoxy) is 1. The average Bonchev–Trinajstić information content (AvgIpc) is 3.35. The van der Waals surface area contributed by atoms with Crippen molar-refractivity contribution in [2.75, 3.05) is 19.6 Å².